The maximum atomic E-state index is 5.88. The van der Waals surface area contributed by atoms with Crippen molar-refractivity contribution >= 4 is 17.3 Å². The van der Waals surface area contributed by atoms with Gasteiger partial charge in [0.1, 0.15) is 0 Å². The Labute approximate surface area is 164 Å². The fraction of sp³-hybridized carbons (Fsp3) is 0.636. The summed E-state index contributed by atoms with van der Waals surface area (Å²) in [6.07, 6.45) is 21.4. The minimum Gasteiger partial charge on any atom is -0.360 e. The monoisotopic (exact) mass is 371 g/mol. The lowest BCUT2D eigenvalue weighted by Crippen LogP contribution is -2.46. The van der Waals surface area contributed by atoms with E-state index in [1.807, 2.05) is 18.5 Å². The fourth-order valence-corrected chi connectivity index (χ4v) is 4.44. The van der Waals surface area contributed by atoms with Crippen LogP contribution in [0.3, 0.4) is 0 Å². The molecule has 0 spiro atoms. The topological polar surface area (TPSA) is 28.2 Å². The Morgan fingerprint density at radius 3 is 2.62 bits per heavy atom. The predicted molar refractivity (Wildman–Crippen MR) is 113 cm³/mol. The third kappa shape index (κ3) is 6.39. The minimum atomic E-state index is 0.547. The van der Waals surface area contributed by atoms with Crippen LogP contribution in [0.2, 0.25) is 0 Å². The lowest BCUT2D eigenvalue weighted by molar-refractivity contribution is 0.305. The zero-order valence-corrected chi connectivity index (χ0v) is 16.7. The molecule has 0 amide bonds. The maximum absolute atomic E-state index is 5.88. The molecular formula is C22H33N3S. The normalized spacial score (nSPS) is 21.6. The molecule has 0 bridgehead atoms. The summed E-state index contributed by atoms with van der Waals surface area (Å²) in [6, 6.07) is 4.71. The molecule has 3 nitrogen and oxygen atoms in total. The van der Waals surface area contributed by atoms with Gasteiger partial charge in [0, 0.05) is 31.5 Å². The van der Waals surface area contributed by atoms with Crippen LogP contribution in [0.15, 0.2) is 36.7 Å². The van der Waals surface area contributed by atoms with Crippen molar-refractivity contribution in [1.29, 1.82) is 0 Å². The van der Waals surface area contributed by atoms with Crippen molar-refractivity contribution in [1.82, 2.24) is 15.2 Å². The summed E-state index contributed by atoms with van der Waals surface area (Å²) in [7, 11) is 0. The van der Waals surface area contributed by atoms with Gasteiger partial charge in [-0.3, -0.25) is 4.98 Å². The number of pyridine rings is 1. The lowest BCUT2D eigenvalue weighted by Gasteiger charge is -2.33. The first-order valence-electron chi connectivity index (χ1n) is 10.4. The molecule has 0 aliphatic heterocycles. The van der Waals surface area contributed by atoms with E-state index in [0.29, 0.717) is 12.0 Å². The molecule has 0 aromatic carbocycles. The van der Waals surface area contributed by atoms with Crippen LogP contribution in [0.4, 0.5) is 0 Å². The molecule has 1 aromatic heterocycles. The SMILES string of the molecule is S=C(NC1CCCCCCC1)N(Cc1cccnc1)CC1CC=CCC1. The van der Waals surface area contributed by atoms with Crippen molar-refractivity contribution in [3.05, 3.63) is 42.2 Å². The molecule has 1 heterocycles. The molecule has 3 rings (SSSR count). The first-order valence-corrected chi connectivity index (χ1v) is 10.8. The molecule has 0 radical (unpaired) electrons. The quantitative estimate of drug-likeness (QED) is 0.567. The number of hydrogen-bond donors (Lipinski definition) is 1. The van der Waals surface area contributed by atoms with Crippen molar-refractivity contribution in [2.75, 3.05) is 6.54 Å². The van der Waals surface area contributed by atoms with E-state index in [0.717, 1.165) is 18.2 Å². The Kier molecular flexibility index (Phi) is 7.93. The maximum Gasteiger partial charge on any atom is 0.169 e. The van der Waals surface area contributed by atoms with Gasteiger partial charge in [-0.1, -0.05) is 50.3 Å². The largest absolute Gasteiger partial charge is 0.360 e. The molecule has 1 saturated carbocycles. The van der Waals surface area contributed by atoms with Crippen LogP contribution in [0.1, 0.15) is 69.8 Å². The Balaban J connectivity index is 1.62. The van der Waals surface area contributed by atoms with Gasteiger partial charge in [0.05, 0.1) is 0 Å². The van der Waals surface area contributed by atoms with Gasteiger partial charge in [-0.2, -0.15) is 0 Å². The van der Waals surface area contributed by atoms with Crippen molar-refractivity contribution in [3.63, 3.8) is 0 Å². The van der Waals surface area contributed by atoms with Gasteiger partial charge in [0.15, 0.2) is 5.11 Å². The highest BCUT2D eigenvalue weighted by Gasteiger charge is 2.20. The van der Waals surface area contributed by atoms with Gasteiger partial charge in [-0.15, -0.1) is 0 Å². The zero-order chi connectivity index (χ0) is 18.0. The number of hydrogen-bond acceptors (Lipinski definition) is 2. The summed E-state index contributed by atoms with van der Waals surface area (Å²) in [5.74, 6) is 0.703. The number of nitrogens with one attached hydrogen (secondary N) is 1. The van der Waals surface area contributed by atoms with E-state index in [4.69, 9.17) is 12.2 Å². The third-order valence-corrected chi connectivity index (χ3v) is 6.05. The van der Waals surface area contributed by atoms with Gasteiger partial charge in [-0.05, 0) is 61.9 Å². The highest BCUT2D eigenvalue weighted by atomic mass is 32.1. The summed E-state index contributed by atoms with van der Waals surface area (Å²) in [5.41, 5.74) is 1.24. The van der Waals surface area contributed by atoms with Crippen LogP contribution in [-0.2, 0) is 6.54 Å². The second-order valence-electron chi connectivity index (χ2n) is 7.88. The first-order chi connectivity index (χ1) is 12.8. The van der Waals surface area contributed by atoms with Gasteiger partial charge in [0.2, 0.25) is 0 Å². The molecule has 1 N–H and O–H groups in total. The van der Waals surface area contributed by atoms with Crippen LogP contribution < -0.4 is 5.32 Å². The predicted octanol–water partition coefficient (Wildman–Crippen LogP) is 5.23. The highest BCUT2D eigenvalue weighted by molar-refractivity contribution is 7.80. The summed E-state index contributed by atoms with van der Waals surface area (Å²) >= 11 is 5.88. The number of aromatic nitrogens is 1. The summed E-state index contributed by atoms with van der Waals surface area (Å²) in [6.45, 7) is 1.89. The fourth-order valence-electron chi connectivity index (χ4n) is 4.13. The van der Waals surface area contributed by atoms with E-state index in [-0.39, 0.29) is 0 Å². The molecule has 1 atom stereocenters. The number of thiocarbonyl (C=S) groups is 1. The van der Waals surface area contributed by atoms with Crippen LogP contribution in [0.5, 0.6) is 0 Å². The Bertz CT molecular complexity index is 564. The lowest BCUT2D eigenvalue weighted by atomic mass is 9.94. The number of allylic oxidation sites excluding steroid dienone is 2. The molecule has 26 heavy (non-hydrogen) atoms. The molecule has 1 aromatic rings. The number of rotatable bonds is 5. The highest BCUT2D eigenvalue weighted by Crippen LogP contribution is 2.21. The Morgan fingerprint density at radius 2 is 1.92 bits per heavy atom. The molecule has 4 heteroatoms. The van der Waals surface area contributed by atoms with Gasteiger partial charge >= 0.3 is 0 Å². The molecule has 142 valence electrons. The van der Waals surface area contributed by atoms with E-state index in [1.54, 1.807) is 0 Å². The molecular weight excluding hydrogens is 338 g/mol. The van der Waals surface area contributed by atoms with Crippen molar-refractivity contribution in [2.24, 2.45) is 5.92 Å². The number of nitrogens with zero attached hydrogens (tertiary/aromatic N) is 2. The van der Waals surface area contributed by atoms with Gasteiger partial charge in [0.25, 0.3) is 0 Å². The Hall–Kier alpha value is -1.42. The first kappa shape index (κ1) is 19.3. The van der Waals surface area contributed by atoms with E-state index in [9.17, 15) is 0 Å². The van der Waals surface area contributed by atoms with Gasteiger partial charge in [-0.25, -0.2) is 0 Å². The third-order valence-electron chi connectivity index (χ3n) is 5.67. The summed E-state index contributed by atoms with van der Waals surface area (Å²) < 4.78 is 0. The summed E-state index contributed by atoms with van der Waals surface area (Å²) in [4.78, 5) is 6.66. The van der Waals surface area contributed by atoms with Crippen molar-refractivity contribution < 1.29 is 0 Å². The van der Waals surface area contributed by atoms with Crippen LogP contribution in [0.25, 0.3) is 0 Å². The average Bonchev–Trinajstić information content (AvgIpc) is 2.65. The van der Waals surface area contributed by atoms with E-state index >= 15 is 0 Å². The van der Waals surface area contributed by atoms with Crippen LogP contribution in [-0.4, -0.2) is 27.6 Å². The Morgan fingerprint density at radius 1 is 1.12 bits per heavy atom. The molecule has 1 fully saturated rings. The minimum absolute atomic E-state index is 0.547. The average molecular weight is 372 g/mol. The smallest absolute Gasteiger partial charge is 0.169 e. The van der Waals surface area contributed by atoms with Crippen LogP contribution in [0, 0.1) is 5.92 Å². The van der Waals surface area contributed by atoms with Crippen molar-refractivity contribution in [3.8, 4) is 0 Å². The zero-order valence-electron chi connectivity index (χ0n) is 15.9. The van der Waals surface area contributed by atoms with E-state index < -0.39 is 0 Å². The second-order valence-corrected chi connectivity index (χ2v) is 8.27. The molecule has 2 aliphatic rings. The molecule has 2 aliphatic carbocycles. The van der Waals surface area contributed by atoms with Gasteiger partial charge < -0.3 is 10.2 Å². The van der Waals surface area contributed by atoms with Crippen LogP contribution >= 0.6 is 12.2 Å². The summed E-state index contributed by atoms with van der Waals surface area (Å²) in [5, 5.41) is 4.65. The van der Waals surface area contributed by atoms with E-state index in [2.05, 4.69) is 33.4 Å². The van der Waals surface area contributed by atoms with Crippen molar-refractivity contribution in [2.45, 2.75) is 76.8 Å². The second kappa shape index (κ2) is 10.7. The van der Waals surface area contributed by atoms with E-state index in [1.165, 1.54) is 69.8 Å². The molecule has 1 unspecified atom stereocenters. The molecule has 0 saturated heterocycles. The standard InChI is InChI=1S/C22H33N3S/c26-22(24-21-13-7-2-1-3-8-14-21)25(17-19-10-5-4-6-11-19)18-20-12-9-15-23-16-20/h4-5,9,12,15-16,19,21H,1-3,6-8,10-11,13-14,17-18H2,(H,24,26).